The summed E-state index contributed by atoms with van der Waals surface area (Å²) in [6.45, 7) is 0.694. The molecule has 88 valence electrons. The van der Waals surface area contributed by atoms with Crippen LogP contribution in [0.1, 0.15) is 0 Å². The molecule has 0 aliphatic carbocycles. The highest BCUT2D eigenvalue weighted by Crippen LogP contribution is 2.23. The molecule has 1 aromatic heterocycles. The number of nitrogens with one attached hydrogen (secondary N) is 3. The SMILES string of the molecule is O=c1[nH]nc(NCC2CSCCS2)c(=O)[nH]1. The fourth-order valence-corrected chi connectivity index (χ4v) is 3.94. The van der Waals surface area contributed by atoms with E-state index in [2.05, 4.69) is 20.5 Å². The Morgan fingerprint density at radius 2 is 2.31 bits per heavy atom. The number of hydrogen-bond acceptors (Lipinski definition) is 6. The Balaban J connectivity index is 1.93. The zero-order valence-corrected chi connectivity index (χ0v) is 10.1. The van der Waals surface area contributed by atoms with Crippen molar-refractivity contribution in [1.82, 2.24) is 15.2 Å². The van der Waals surface area contributed by atoms with E-state index in [1.54, 1.807) is 0 Å². The Labute approximate surface area is 100.0 Å². The van der Waals surface area contributed by atoms with Crippen molar-refractivity contribution < 1.29 is 0 Å². The number of nitrogens with zero attached hydrogens (tertiary/aromatic N) is 1. The van der Waals surface area contributed by atoms with E-state index in [0.717, 1.165) is 11.5 Å². The minimum absolute atomic E-state index is 0.177. The third-order valence-corrected chi connectivity index (χ3v) is 4.94. The average Bonchev–Trinajstić information content (AvgIpc) is 2.29. The molecule has 2 heterocycles. The van der Waals surface area contributed by atoms with Gasteiger partial charge in [0.2, 0.25) is 5.82 Å². The van der Waals surface area contributed by atoms with Gasteiger partial charge in [0.25, 0.3) is 5.56 Å². The van der Waals surface area contributed by atoms with Gasteiger partial charge in [-0.05, 0) is 0 Å². The van der Waals surface area contributed by atoms with Gasteiger partial charge in [-0.3, -0.25) is 9.78 Å². The first-order valence-corrected chi connectivity index (χ1v) is 7.08. The molecule has 2 rings (SSSR count). The van der Waals surface area contributed by atoms with Crippen LogP contribution in [-0.2, 0) is 0 Å². The third-order valence-electron chi connectivity index (χ3n) is 2.09. The smallest absolute Gasteiger partial charge is 0.342 e. The number of aromatic nitrogens is 3. The fraction of sp³-hybridized carbons (Fsp3) is 0.625. The van der Waals surface area contributed by atoms with E-state index >= 15 is 0 Å². The van der Waals surface area contributed by atoms with Crippen LogP contribution in [0.15, 0.2) is 9.59 Å². The van der Waals surface area contributed by atoms with Crippen LogP contribution in [0.5, 0.6) is 0 Å². The summed E-state index contributed by atoms with van der Waals surface area (Å²) in [5.74, 6) is 3.60. The summed E-state index contributed by atoms with van der Waals surface area (Å²) in [4.78, 5) is 24.2. The largest absolute Gasteiger partial charge is 0.363 e. The van der Waals surface area contributed by atoms with Crippen molar-refractivity contribution in [2.24, 2.45) is 0 Å². The number of aromatic amines is 2. The summed E-state index contributed by atoms with van der Waals surface area (Å²) >= 11 is 3.82. The molecule has 8 heteroatoms. The quantitative estimate of drug-likeness (QED) is 0.692. The van der Waals surface area contributed by atoms with Crippen molar-refractivity contribution in [3.63, 3.8) is 0 Å². The van der Waals surface area contributed by atoms with Gasteiger partial charge in [-0.15, -0.1) is 5.10 Å². The van der Waals surface area contributed by atoms with Crippen molar-refractivity contribution in [1.29, 1.82) is 0 Å². The second-order valence-electron chi connectivity index (χ2n) is 3.30. The molecular formula is C8H12N4O2S2. The lowest BCUT2D eigenvalue weighted by atomic mass is 10.4. The maximum Gasteiger partial charge on any atom is 0.342 e. The summed E-state index contributed by atoms with van der Waals surface area (Å²) in [5.41, 5.74) is -1.06. The lowest BCUT2D eigenvalue weighted by Crippen LogP contribution is -2.30. The van der Waals surface area contributed by atoms with E-state index < -0.39 is 11.2 Å². The molecule has 16 heavy (non-hydrogen) atoms. The van der Waals surface area contributed by atoms with Gasteiger partial charge in [0.15, 0.2) is 0 Å². The maximum atomic E-state index is 11.3. The minimum atomic E-state index is -0.585. The van der Waals surface area contributed by atoms with Gasteiger partial charge in [-0.1, -0.05) is 0 Å². The highest BCUT2D eigenvalue weighted by Gasteiger charge is 2.14. The Hall–Kier alpha value is -0.890. The normalized spacial score (nSPS) is 20.6. The molecule has 0 radical (unpaired) electrons. The summed E-state index contributed by atoms with van der Waals surface area (Å²) in [6, 6.07) is 0. The highest BCUT2D eigenvalue weighted by molar-refractivity contribution is 8.06. The van der Waals surface area contributed by atoms with Crippen LogP contribution in [0.2, 0.25) is 0 Å². The monoisotopic (exact) mass is 260 g/mol. The van der Waals surface area contributed by atoms with Crippen molar-refractivity contribution in [2.45, 2.75) is 5.25 Å². The van der Waals surface area contributed by atoms with Crippen LogP contribution in [0.4, 0.5) is 5.82 Å². The molecule has 1 aromatic rings. The maximum absolute atomic E-state index is 11.3. The van der Waals surface area contributed by atoms with E-state index in [-0.39, 0.29) is 5.82 Å². The number of H-pyrrole nitrogens is 2. The lowest BCUT2D eigenvalue weighted by Gasteiger charge is -2.20. The molecule has 1 unspecified atom stereocenters. The van der Waals surface area contributed by atoms with Gasteiger partial charge in [0.05, 0.1) is 0 Å². The van der Waals surface area contributed by atoms with Crippen molar-refractivity contribution in [3.05, 3.63) is 20.8 Å². The number of hydrogen-bond donors (Lipinski definition) is 3. The second kappa shape index (κ2) is 5.44. The first-order valence-electron chi connectivity index (χ1n) is 4.88. The van der Waals surface area contributed by atoms with Crippen molar-refractivity contribution in [2.75, 3.05) is 29.1 Å². The Morgan fingerprint density at radius 1 is 1.44 bits per heavy atom. The number of anilines is 1. The summed E-state index contributed by atoms with van der Waals surface area (Å²) in [6.07, 6.45) is 0. The molecule has 1 fully saturated rings. The predicted octanol–water partition coefficient (Wildman–Crippen LogP) is -0.281. The molecule has 0 bridgehead atoms. The van der Waals surface area contributed by atoms with Gasteiger partial charge in [0.1, 0.15) is 0 Å². The molecule has 3 N–H and O–H groups in total. The van der Waals surface area contributed by atoms with E-state index in [4.69, 9.17) is 0 Å². The second-order valence-corrected chi connectivity index (χ2v) is 5.86. The van der Waals surface area contributed by atoms with Gasteiger partial charge in [-0.2, -0.15) is 23.5 Å². The van der Waals surface area contributed by atoms with Gasteiger partial charge in [-0.25, -0.2) is 9.89 Å². The molecule has 0 saturated carbocycles. The Kier molecular flexibility index (Phi) is 3.94. The molecule has 0 spiro atoms. The zero-order valence-electron chi connectivity index (χ0n) is 8.49. The van der Waals surface area contributed by atoms with E-state index in [1.807, 2.05) is 23.5 Å². The van der Waals surface area contributed by atoms with Gasteiger partial charge < -0.3 is 5.32 Å². The van der Waals surface area contributed by atoms with Crippen LogP contribution in [-0.4, -0.2) is 44.2 Å². The molecular weight excluding hydrogens is 248 g/mol. The molecule has 0 aromatic carbocycles. The minimum Gasteiger partial charge on any atom is -0.363 e. The lowest BCUT2D eigenvalue weighted by molar-refractivity contribution is 0.875. The standard InChI is InChI=1S/C8H12N4O2S2/c13-7-6(11-12-8(14)10-7)9-3-5-4-15-1-2-16-5/h5H,1-4H2,(H,9,11)(H2,10,12,13,14). The van der Waals surface area contributed by atoms with E-state index in [9.17, 15) is 9.59 Å². The van der Waals surface area contributed by atoms with Crippen molar-refractivity contribution >= 4 is 29.3 Å². The van der Waals surface area contributed by atoms with E-state index in [0.29, 0.717) is 11.8 Å². The number of rotatable bonds is 3. The summed E-state index contributed by atoms with van der Waals surface area (Å²) < 4.78 is 0. The van der Waals surface area contributed by atoms with Crippen molar-refractivity contribution in [3.8, 4) is 0 Å². The number of thioether (sulfide) groups is 2. The molecule has 1 aliphatic rings. The van der Waals surface area contributed by atoms with Crippen LogP contribution >= 0.6 is 23.5 Å². The first-order chi connectivity index (χ1) is 7.75. The van der Waals surface area contributed by atoms with Crippen LogP contribution in [0, 0.1) is 0 Å². The third kappa shape index (κ3) is 3.05. The molecule has 0 amide bonds. The average molecular weight is 260 g/mol. The summed E-state index contributed by atoms with van der Waals surface area (Å²) in [5, 5.41) is 9.29. The Morgan fingerprint density at radius 3 is 3.00 bits per heavy atom. The van der Waals surface area contributed by atoms with E-state index in [1.165, 1.54) is 5.75 Å². The molecule has 1 saturated heterocycles. The summed E-state index contributed by atoms with van der Waals surface area (Å²) in [7, 11) is 0. The van der Waals surface area contributed by atoms with Crippen LogP contribution < -0.4 is 16.6 Å². The highest BCUT2D eigenvalue weighted by atomic mass is 32.2. The van der Waals surface area contributed by atoms with Crippen LogP contribution in [0.3, 0.4) is 0 Å². The molecule has 1 aliphatic heterocycles. The topological polar surface area (TPSA) is 90.6 Å². The predicted molar refractivity (Wildman–Crippen MR) is 67.5 cm³/mol. The first kappa shape index (κ1) is 11.6. The molecule has 6 nitrogen and oxygen atoms in total. The zero-order chi connectivity index (χ0) is 11.4. The molecule has 1 atom stereocenters. The van der Waals surface area contributed by atoms with Crippen LogP contribution in [0.25, 0.3) is 0 Å². The van der Waals surface area contributed by atoms with Gasteiger partial charge >= 0.3 is 5.69 Å². The van der Waals surface area contributed by atoms with Gasteiger partial charge in [0, 0.05) is 29.1 Å². The fourth-order valence-electron chi connectivity index (χ4n) is 1.33. The Bertz CT molecular complexity index is 452.